The molecule has 116 valence electrons. The van der Waals surface area contributed by atoms with Crippen molar-refractivity contribution in [2.45, 2.75) is 58.0 Å². The van der Waals surface area contributed by atoms with Gasteiger partial charge in [0.2, 0.25) is 0 Å². The van der Waals surface area contributed by atoms with Crippen molar-refractivity contribution in [2.24, 2.45) is 11.8 Å². The van der Waals surface area contributed by atoms with Gasteiger partial charge in [-0.2, -0.15) is 0 Å². The number of ether oxygens (including phenoxy) is 1. The van der Waals surface area contributed by atoms with Crippen molar-refractivity contribution in [3.63, 3.8) is 0 Å². The molecule has 0 aliphatic heterocycles. The van der Waals surface area contributed by atoms with Gasteiger partial charge in [0.05, 0.1) is 7.11 Å². The van der Waals surface area contributed by atoms with Gasteiger partial charge in [0.1, 0.15) is 5.54 Å². The Kier molecular flexibility index (Phi) is 5.08. The summed E-state index contributed by atoms with van der Waals surface area (Å²) in [5.74, 6) is 1.56. The molecule has 2 fully saturated rings. The van der Waals surface area contributed by atoms with Gasteiger partial charge in [-0.15, -0.1) is 0 Å². The topological polar surface area (TPSA) is 41.6 Å². The molecule has 2 rings (SSSR count). The number of methoxy groups -OCH3 is 1. The minimum Gasteiger partial charge on any atom is -0.468 e. The van der Waals surface area contributed by atoms with Crippen LogP contribution in [-0.4, -0.2) is 49.2 Å². The molecule has 0 aromatic heterocycles. The number of nitrogens with zero attached hydrogens (tertiary/aromatic N) is 1. The molecule has 0 amide bonds. The van der Waals surface area contributed by atoms with Crippen molar-refractivity contribution >= 4 is 5.97 Å². The summed E-state index contributed by atoms with van der Waals surface area (Å²) in [5, 5.41) is 3.41. The van der Waals surface area contributed by atoms with Gasteiger partial charge in [-0.3, -0.25) is 10.1 Å². The molecule has 1 unspecified atom stereocenters. The van der Waals surface area contributed by atoms with Crippen LogP contribution < -0.4 is 5.32 Å². The van der Waals surface area contributed by atoms with E-state index in [0.29, 0.717) is 0 Å². The summed E-state index contributed by atoms with van der Waals surface area (Å²) in [7, 11) is 1.48. The highest BCUT2D eigenvalue weighted by Crippen LogP contribution is 2.34. The normalized spacial score (nSPS) is 22.1. The van der Waals surface area contributed by atoms with Gasteiger partial charge in [0.15, 0.2) is 0 Å². The fourth-order valence-corrected chi connectivity index (χ4v) is 3.01. The summed E-state index contributed by atoms with van der Waals surface area (Å²) in [6.07, 6.45) is 5.42. The van der Waals surface area contributed by atoms with E-state index in [-0.39, 0.29) is 12.0 Å². The molecule has 0 aromatic rings. The highest BCUT2D eigenvalue weighted by Gasteiger charge is 2.39. The lowest BCUT2D eigenvalue weighted by atomic mass is 10.00. The monoisotopic (exact) mass is 282 g/mol. The quantitative estimate of drug-likeness (QED) is 0.657. The van der Waals surface area contributed by atoms with Crippen LogP contribution >= 0.6 is 0 Å². The van der Waals surface area contributed by atoms with E-state index in [2.05, 4.69) is 24.1 Å². The summed E-state index contributed by atoms with van der Waals surface area (Å²) in [5.41, 5.74) is -0.604. The maximum Gasteiger partial charge on any atom is 0.327 e. The minimum absolute atomic E-state index is 0.150. The van der Waals surface area contributed by atoms with Crippen molar-refractivity contribution in [2.75, 3.05) is 26.7 Å². The third kappa shape index (κ3) is 4.74. The molecule has 4 nitrogen and oxygen atoms in total. The van der Waals surface area contributed by atoms with E-state index in [1.807, 2.05) is 6.92 Å². The fraction of sp³-hybridized carbons (Fsp3) is 0.938. The predicted molar refractivity (Wildman–Crippen MR) is 80.6 cm³/mol. The van der Waals surface area contributed by atoms with Crippen molar-refractivity contribution < 1.29 is 9.53 Å². The number of hydrogen-bond acceptors (Lipinski definition) is 4. The summed E-state index contributed by atoms with van der Waals surface area (Å²) in [6.45, 7) is 9.17. The molecule has 0 aromatic carbocycles. The molecular formula is C16H30N2O2. The van der Waals surface area contributed by atoms with E-state index in [1.165, 1.54) is 32.8 Å². The summed E-state index contributed by atoms with van der Waals surface area (Å²) in [4.78, 5) is 14.7. The molecule has 2 aliphatic rings. The van der Waals surface area contributed by atoms with E-state index >= 15 is 0 Å². The molecule has 1 atom stereocenters. The van der Waals surface area contributed by atoms with E-state index in [0.717, 1.165) is 31.5 Å². The van der Waals surface area contributed by atoms with Crippen molar-refractivity contribution in [1.82, 2.24) is 10.2 Å². The lowest BCUT2D eigenvalue weighted by Gasteiger charge is -2.35. The first kappa shape index (κ1) is 15.8. The average molecular weight is 282 g/mol. The Morgan fingerprint density at radius 2 is 1.75 bits per heavy atom. The molecule has 0 heterocycles. The van der Waals surface area contributed by atoms with Crippen molar-refractivity contribution in [1.29, 1.82) is 0 Å². The first-order valence-corrected chi connectivity index (χ1v) is 8.01. The van der Waals surface area contributed by atoms with Crippen molar-refractivity contribution in [3.8, 4) is 0 Å². The van der Waals surface area contributed by atoms with Gasteiger partial charge in [0.25, 0.3) is 0 Å². The van der Waals surface area contributed by atoms with E-state index in [9.17, 15) is 4.79 Å². The van der Waals surface area contributed by atoms with E-state index in [1.54, 1.807) is 0 Å². The molecule has 2 saturated carbocycles. The predicted octanol–water partition coefficient (Wildman–Crippen LogP) is 2.04. The Morgan fingerprint density at radius 3 is 2.10 bits per heavy atom. The van der Waals surface area contributed by atoms with Crippen LogP contribution in [0.1, 0.15) is 46.5 Å². The first-order valence-electron chi connectivity index (χ1n) is 8.01. The number of esters is 1. The molecule has 1 N–H and O–H groups in total. The zero-order valence-corrected chi connectivity index (χ0v) is 13.4. The molecular weight excluding hydrogens is 252 g/mol. The maximum atomic E-state index is 12.2. The third-order valence-corrected chi connectivity index (χ3v) is 4.21. The van der Waals surface area contributed by atoms with Gasteiger partial charge in [-0.05, 0) is 58.3 Å². The van der Waals surface area contributed by atoms with Crippen LogP contribution in [-0.2, 0) is 9.53 Å². The SMILES string of the molecule is COC(=O)C(C)(CN(CC1CC1)CC1CC1)NC(C)C. The summed E-state index contributed by atoms with van der Waals surface area (Å²) in [6, 6.07) is 0.266. The van der Waals surface area contributed by atoms with Gasteiger partial charge in [0, 0.05) is 25.7 Å². The van der Waals surface area contributed by atoms with Gasteiger partial charge >= 0.3 is 5.97 Å². The van der Waals surface area contributed by atoms with E-state index in [4.69, 9.17) is 4.74 Å². The van der Waals surface area contributed by atoms with Crippen LogP contribution in [0, 0.1) is 11.8 Å². The Hall–Kier alpha value is -0.610. The smallest absolute Gasteiger partial charge is 0.327 e. The zero-order valence-electron chi connectivity index (χ0n) is 13.4. The second-order valence-electron chi connectivity index (χ2n) is 7.20. The summed E-state index contributed by atoms with van der Waals surface area (Å²) < 4.78 is 5.03. The Labute approximate surface area is 123 Å². The van der Waals surface area contributed by atoms with Gasteiger partial charge in [-0.25, -0.2) is 0 Å². The lowest BCUT2D eigenvalue weighted by molar-refractivity contribution is -0.149. The number of carbonyl (C=O) groups is 1. The molecule has 0 spiro atoms. The summed E-state index contributed by atoms with van der Waals surface area (Å²) >= 11 is 0. The second-order valence-corrected chi connectivity index (χ2v) is 7.20. The molecule has 4 heteroatoms. The van der Waals surface area contributed by atoms with Crippen LogP contribution in [0.15, 0.2) is 0 Å². The van der Waals surface area contributed by atoms with Gasteiger partial charge in [-0.1, -0.05) is 0 Å². The molecule has 20 heavy (non-hydrogen) atoms. The Balaban J connectivity index is 1.98. The third-order valence-electron chi connectivity index (χ3n) is 4.21. The number of carbonyl (C=O) groups excluding carboxylic acids is 1. The minimum atomic E-state index is -0.604. The Morgan fingerprint density at radius 1 is 1.25 bits per heavy atom. The number of nitrogens with one attached hydrogen (secondary N) is 1. The molecule has 0 radical (unpaired) electrons. The zero-order chi connectivity index (χ0) is 14.8. The first-order chi connectivity index (χ1) is 9.43. The highest BCUT2D eigenvalue weighted by molar-refractivity contribution is 5.80. The van der Waals surface area contributed by atoms with Crippen LogP contribution in [0.3, 0.4) is 0 Å². The van der Waals surface area contributed by atoms with Crippen LogP contribution in [0.25, 0.3) is 0 Å². The maximum absolute atomic E-state index is 12.2. The Bertz CT molecular complexity index is 323. The van der Waals surface area contributed by atoms with Crippen molar-refractivity contribution in [3.05, 3.63) is 0 Å². The van der Waals surface area contributed by atoms with Crippen LogP contribution in [0.2, 0.25) is 0 Å². The molecule has 0 saturated heterocycles. The second kappa shape index (κ2) is 6.44. The highest BCUT2D eigenvalue weighted by atomic mass is 16.5. The van der Waals surface area contributed by atoms with Gasteiger partial charge < -0.3 is 9.64 Å². The molecule has 0 bridgehead atoms. The largest absolute Gasteiger partial charge is 0.468 e. The van der Waals surface area contributed by atoms with E-state index < -0.39 is 5.54 Å². The lowest BCUT2D eigenvalue weighted by Crippen LogP contribution is -2.59. The standard InChI is InChI=1S/C16H30N2O2/c1-12(2)17-16(3,15(19)20-4)11-18(9-13-5-6-13)10-14-7-8-14/h12-14,17H,5-11H2,1-4H3. The number of hydrogen-bond donors (Lipinski definition) is 1. The van der Waals surface area contributed by atoms with Crippen LogP contribution in [0.4, 0.5) is 0 Å². The fourth-order valence-electron chi connectivity index (χ4n) is 3.01. The average Bonchev–Trinajstić information content (AvgIpc) is 3.22. The molecule has 2 aliphatic carbocycles. The van der Waals surface area contributed by atoms with Crippen LogP contribution in [0.5, 0.6) is 0 Å². The number of rotatable bonds is 9.